The third-order valence-corrected chi connectivity index (χ3v) is 4.57. The second-order valence-electron chi connectivity index (χ2n) is 5.23. The Morgan fingerprint density at radius 2 is 2.10 bits per heavy atom. The summed E-state index contributed by atoms with van der Waals surface area (Å²) in [6.45, 7) is 10.2. The number of hydrogen-bond donors (Lipinski definition) is 1. The van der Waals surface area contributed by atoms with E-state index in [0.717, 1.165) is 26.2 Å². The number of hydrogen-bond acceptors (Lipinski definition) is 7. The summed E-state index contributed by atoms with van der Waals surface area (Å²) in [5, 5.41) is 4.51. The van der Waals surface area contributed by atoms with Crippen molar-refractivity contribution in [3.63, 3.8) is 0 Å². The van der Waals surface area contributed by atoms with Gasteiger partial charge in [0.1, 0.15) is 5.60 Å². The molecule has 0 bridgehead atoms. The Kier molecular flexibility index (Phi) is 7.32. The molecule has 0 unspecified atom stereocenters. The molecule has 5 nitrogen and oxygen atoms in total. The summed E-state index contributed by atoms with van der Waals surface area (Å²) in [7, 11) is 0. The van der Waals surface area contributed by atoms with E-state index in [9.17, 15) is 4.79 Å². The molecule has 0 aromatic carbocycles. The SMILES string of the molecule is CC(C)(C)OC=O.CSc1cnc(N2CCNCC2)s1. The van der Waals surface area contributed by atoms with Gasteiger partial charge in [-0.3, -0.25) is 4.79 Å². The molecule has 114 valence electrons. The van der Waals surface area contributed by atoms with Gasteiger partial charge in [0.25, 0.3) is 6.47 Å². The van der Waals surface area contributed by atoms with E-state index in [0.29, 0.717) is 6.47 Å². The predicted molar refractivity (Wildman–Crippen MR) is 85.9 cm³/mol. The van der Waals surface area contributed by atoms with E-state index in [4.69, 9.17) is 0 Å². The van der Waals surface area contributed by atoms with Crippen molar-refractivity contribution in [2.24, 2.45) is 0 Å². The number of aromatic nitrogens is 1. The molecule has 0 spiro atoms. The quantitative estimate of drug-likeness (QED) is 0.681. The van der Waals surface area contributed by atoms with Gasteiger partial charge in [-0.25, -0.2) is 4.98 Å². The molecule has 0 aliphatic carbocycles. The first kappa shape index (κ1) is 17.3. The van der Waals surface area contributed by atoms with Crippen LogP contribution in [0.25, 0.3) is 0 Å². The van der Waals surface area contributed by atoms with Gasteiger partial charge < -0.3 is 15.0 Å². The third-order valence-electron chi connectivity index (χ3n) is 2.46. The average Bonchev–Trinajstić information content (AvgIpc) is 2.88. The lowest BCUT2D eigenvalue weighted by molar-refractivity contribution is -0.138. The number of nitrogens with zero attached hydrogens (tertiary/aromatic N) is 2. The van der Waals surface area contributed by atoms with Crippen molar-refractivity contribution in [2.45, 2.75) is 30.6 Å². The molecule has 1 N–H and O–H groups in total. The lowest BCUT2D eigenvalue weighted by Gasteiger charge is -2.26. The van der Waals surface area contributed by atoms with Crippen LogP contribution in [-0.2, 0) is 9.53 Å². The Morgan fingerprint density at radius 3 is 2.50 bits per heavy atom. The van der Waals surface area contributed by atoms with Gasteiger partial charge in [-0.2, -0.15) is 0 Å². The number of piperazine rings is 1. The van der Waals surface area contributed by atoms with Gasteiger partial charge in [-0.05, 0) is 27.0 Å². The van der Waals surface area contributed by atoms with Gasteiger partial charge in [0.05, 0.1) is 10.4 Å². The van der Waals surface area contributed by atoms with Crippen molar-refractivity contribution in [1.29, 1.82) is 0 Å². The van der Waals surface area contributed by atoms with Crippen LogP contribution < -0.4 is 10.2 Å². The van der Waals surface area contributed by atoms with Gasteiger partial charge in [0, 0.05) is 26.2 Å². The van der Waals surface area contributed by atoms with Gasteiger partial charge in [-0.1, -0.05) is 11.3 Å². The molecule has 1 aromatic heterocycles. The summed E-state index contributed by atoms with van der Waals surface area (Å²) >= 11 is 3.56. The molecule has 1 aromatic rings. The molecule has 2 rings (SSSR count). The molecule has 1 aliphatic heterocycles. The summed E-state index contributed by atoms with van der Waals surface area (Å²) in [5.74, 6) is 0. The molecule has 1 saturated heterocycles. The van der Waals surface area contributed by atoms with Crippen LogP contribution in [0.2, 0.25) is 0 Å². The Morgan fingerprint density at radius 1 is 1.45 bits per heavy atom. The highest BCUT2D eigenvalue weighted by Crippen LogP contribution is 2.28. The van der Waals surface area contributed by atoms with Gasteiger partial charge >= 0.3 is 0 Å². The first-order chi connectivity index (χ1) is 9.46. The highest BCUT2D eigenvalue weighted by atomic mass is 32.2. The summed E-state index contributed by atoms with van der Waals surface area (Å²) in [6.07, 6.45) is 4.06. The Bertz CT molecular complexity index is 399. The zero-order chi connectivity index (χ0) is 15.0. The number of ether oxygens (including phenoxy) is 1. The first-order valence-corrected chi connectivity index (χ1v) is 8.57. The fourth-order valence-corrected chi connectivity index (χ4v) is 2.91. The maximum Gasteiger partial charge on any atom is 0.293 e. The van der Waals surface area contributed by atoms with E-state index in [-0.39, 0.29) is 5.60 Å². The molecule has 1 fully saturated rings. The summed E-state index contributed by atoms with van der Waals surface area (Å²) in [4.78, 5) is 16.4. The summed E-state index contributed by atoms with van der Waals surface area (Å²) in [5.41, 5.74) is -0.318. The zero-order valence-corrected chi connectivity index (χ0v) is 14.1. The van der Waals surface area contributed by atoms with Crippen LogP contribution >= 0.6 is 23.1 Å². The Labute approximate surface area is 129 Å². The van der Waals surface area contributed by atoms with Crippen LogP contribution in [0.3, 0.4) is 0 Å². The minimum atomic E-state index is -0.318. The normalized spacial score (nSPS) is 15.3. The number of anilines is 1. The monoisotopic (exact) mass is 317 g/mol. The number of nitrogens with one attached hydrogen (secondary N) is 1. The van der Waals surface area contributed by atoms with Crippen molar-refractivity contribution in [3.05, 3.63) is 6.20 Å². The maximum absolute atomic E-state index is 9.60. The molecule has 1 aliphatic rings. The number of carbonyl (C=O) groups excluding carboxylic acids is 1. The van der Waals surface area contributed by atoms with Crippen molar-refractivity contribution < 1.29 is 9.53 Å². The second-order valence-corrected chi connectivity index (χ2v) is 7.35. The molecule has 0 atom stereocenters. The molecule has 2 heterocycles. The minimum absolute atomic E-state index is 0.318. The fourth-order valence-electron chi connectivity index (χ4n) is 1.49. The Balaban J connectivity index is 0.000000246. The molecular formula is C13H23N3O2S2. The molecule has 7 heteroatoms. The Hall–Kier alpha value is -0.790. The van der Waals surface area contributed by atoms with Crippen LogP contribution in [-0.4, -0.2) is 49.5 Å². The van der Waals surface area contributed by atoms with Crippen molar-refractivity contribution in [3.8, 4) is 0 Å². The number of rotatable bonds is 3. The smallest absolute Gasteiger partial charge is 0.293 e. The summed E-state index contributed by atoms with van der Waals surface area (Å²) in [6, 6.07) is 0. The maximum atomic E-state index is 9.60. The van der Waals surface area contributed by atoms with Crippen LogP contribution in [0, 0.1) is 0 Å². The second kappa shape index (κ2) is 8.49. The first-order valence-electron chi connectivity index (χ1n) is 6.53. The van der Waals surface area contributed by atoms with Crippen molar-refractivity contribution in [2.75, 3.05) is 37.3 Å². The number of thiazole rings is 1. The third kappa shape index (κ3) is 6.58. The number of thioether (sulfide) groups is 1. The molecular weight excluding hydrogens is 294 g/mol. The van der Waals surface area contributed by atoms with E-state index < -0.39 is 0 Å². The molecule has 0 saturated carbocycles. The molecule has 20 heavy (non-hydrogen) atoms. The topological polar surface area (TPSA) is 54.5 Å². The highest BCUT2D eigenvalue weighted by molar-refractivity contribution is 8.00. The predicted octanol–water partition coefficient (Wildman–Crippen LogP) is 2.23. The van der Waals surface area contributed by atoms with Crippen molar-refractivity contribution in [1.82, 2.24) is 10.3 Å². The van der Waals surface area contributed by atoms with Gasteiger partial charge in [0.15, 0.2) is 5.13 Å². The van der Waals surface area contributed by atoms with E-state index in [1.54, 1.807) is 23.1 Å². The van der Waals surface area contributed by atoms with Gasteiger partial charge in [0.2, 0.25) is 0 Å². The van der Waals surface area contributed by atoms with E-state index in [1.165, 1.54) is 9.34 Å². The molecule has 0 radical (unpaired) electrons. The fraction of sp³-hybridized carbons (Fsp3) is 0.692. The van der Waals surface area contributed by atoms with Crippen LogP contribution in [0.15, 0.2) is 10.4 Å². The van der Waals surface area contributed by atoms with Crippen LogP contribution in [0.1, 0.15) is 20.8 Å². The molecule has 0 amide bonds. The largest absolute Gasteiger partial charge is 0.462 e. The lowest BCUT2D eigenvalue weighted by Crippen LogP contribution is -2.43. The highest BCUT2D eigenvalue weighted by Gasteiger charge is 2.13. The van der Waals surface area contributed by atoms with Gasteiger partial charge in [-0.15, -0.1) is 11.8 Å². The van der Waals surface area contributed by atoms with Crippen LogP contribution in [0.4, 0.5) is 5.13 Å². The van der Waals surface area contributed by atoms with E-state index in [2.05, 4.69) is 26.2 Å². The number of carbonyl (C=O) groups is 1. The van der Waals surface area contributed by atoms with Crippen molar-refractivity contribution >= 4 is 34.7 Å². The minimum Gasteiger partial charge on any atom is -0.462 e. The average molecular weight is 317 g/mol. The van der Waals surface area contributed by atoms with E-state index >= 15 is 0 Å². The standard InChI is InChI=1S/C8H13N3S2.C5H10O2/c1-12-7-6-10-8(13-7)11-4-2-9-3-5-11;1-5(2,3)7-4-6/h6,9H,2-5H2,1H3;4H,1-3H3. The lowest BCUT2D eigenvalue weighted by atomic mass is 10.2. The van der Waals surface area contributed by atoms with E-state index in [1.807, 2.05) is 27.0 Å². The zero-order valence-electron chi connectivity index (χ0n) is 12.5. The summed E-state index contributed by atoms with van der Waals surface area (Å²) < 4.78 is 5.85. The van der Waals surface area contributed by atoms with Crippen LogP contribution in [0.5, 0.6) is 0 Å².